The monoisotopic (exact) mass is 448 g/mol. The van der Waals surface area contributed by atoms with Crippen molar-refractivity contribution in [1.82, 2.24) is 4.72 Å². The van der Waals surface area contributed by atoms with Crippen molar-refractivity contribution in [3.05, 3.63) is 48.0 Å². The van der Waals surface area contributed by atoms with Gasteiger partial charge in [0.05, 0.1) is 17.7 Å². The van der Waals surface area contributed by atoms with Gasteiger partial charge in [-0.15, -0.1) is 0 Å². The van der Waals surface area contributed by atoms with Crippen LogP contribution in [0, 0.1) is 0 Å². The van der Waals surface area contributed by atoms with E-state index in [1.54, 1.807) is 20.8 Å². The molecule has 0 spiro atoms. The van der Waals surface area contributed by atoms with E-state index in [9.17, 15) is 13.2 Å². The number of carbonyl (C=O) groups excluding carboxylic acids is 1. The van der Waals surface area contributed by atoms with Crippen molar-refractivity contribution in [2.45, 2.75) is 64.0 Å². The molecule has 0 aliphatic rings. The fourth-order valence-electron chi connectivity index (χ4n) is 2.86. The third-order valence-electron chi connectivity index (χ3n) is 4.53. The van der Waals surface area contributed by atoms with Gasteiger partial charge < -0.3 is 14.8 Å². The van der Waals surface area contributed by atoms with Gasteiger partial charge in [-0.1, -0.05) is 32.9 Å². The van der Waals surface area contributed by atoms with Crippen LogP contribution in [-0.4, -0.2) is 33.6 Å². The Bertz CT molecular complexity index is 1010. The zero-order valence-corrected chi connectivity index (χ0v) is 20.0. The van der Waals surface area contributed by atoms with Crippen LogP contribution >= 0.6 is 0 Å². The second kappa shape index (κ2) is 9.70. The molecule has 0 saturated heterocycles. The van der Waals surface area contributed by atoms with Crippen molar-refractivity contribution in [1.29, 1.82) is 0 Å². The van der Waals surface area contributed by atoms with Gasteiger partial charge in [-0.25, -0.2) is 13.1 Å². The standard InChI is InChI=1S/C23H32N2O5S/c1-15(2)25-31(27,28)19-12-13-21(29-7)20(14-19)24-22(26)16(3)30-18-10-8-17(9-11-18)23(4,5)6/h8-16,25H,1-7H3,(H,24,26). The first-order valence-corrected chi connectivity index (χ1v) is 11.6. The van der Waals surface area contributed by atoms with E-state index in [2.05, 4.69) is 30.8 Å². The molecule has 7 nitrogen and oxygen atoms in total. The predicted molar refractivity (Wildman–Crippen MR) is 122 cm³/mol. The van der Waals surface area contributed by atoms with Crippen LogP contribution < -0.4 is 19.5 Å². The maximum atomic E-state index is 12.7. The van der Waals surface area contributed by atoms with Gasteiger partial charge in [-0.05, 0) is 62.1 Å². The van der Waals surface area contributed by atoms with Gasteiger partial charge in [-0.2, -0.15) is 0 Å². The summed E-state index contributed by atoms with van der Waals surface area (Å²) >= 11 is 0. The molecule has 8 heteroatoms. The third-order valence-corrected chi connectivity index (χ3v) is 6.19. The van der Waals surface area contributed by atoms with E-state index in [1.807, 2.05) is 24.3 Å². The van der Waals surface area contributed by atoms with E-state index in [-0.39, 0.29) is 22.0 Å². The lowest BCUT2D eigenvalue weighted by Crippen LogP contribution is -2.31. The lowest BCUT2D eigenvalue weighted by atomic mass is 9.87. The molecule has 0 aromatic heterocycles. The lowest BCUT2D eigenvalue weighted by Gasteiger charge is -2.20. The number of carbonyl (C=O) groups is 1. The molecule has 170 valence electrons. The summed E-state index contributed by atoms with van der Waals surface area (Å²) in [5.41, 5.74) is 1.43. The van der Waals surface area contributed by atoms with E-state index in [4.69, 9.17) is 9.47 Å². The first-order chi connectivity index (χ1) is 14.3. The molecule has 0 saturated carbocycles. The summed E-state index contributed by atoms with van der Waals surface area (Å²) in [5, 5.41) is 2.70. The highest BCUT2D eigenvalue weighted by molar-refractivity contribution is 7.89. The quantitative estimate of drug-likeness (QED) is 0.635. The van der Waals surface area contributed by atoms with Crippen molar-refractivity contribution >= 4 is 21.6 Å². The number of hydrogen-bond acceptors (Lipinski definition) is 5. The summed E-state index contributed by atoms with van der Waals surface area (Å²) in [6, 6.07) is 11.6. The SMILES string of the molecule is COc1ccc(S(=O)(=O)NC(C)C)cc1NC(=O)C(C)Oc1ccc(C(C)(C)C)cc1. The molecule has 0 radical (unpaired) electrons. The summed E-state index contributed by atoms with van der Waals surface area (Å²) < 4.78 is 38.5. The maximum Gasteiger partial charge on any atom is 0.265 e. The summed E-state index contributed by atoms with van der Waals surface area (Å²) in [6.45, 7) is 11.5. The van der Waals surface area contributed by atoms with E-state index >= 15 is 0 Å². The molecule has 0 aliphatic carbocycles. The fourth-order valence-corrected chi connectivity index (χ4v) is 4.13. The molecule has 2 rings (SSSR count). The maximum absolute atomic E-state index is 12.7. The van der Waals surface area contributed by atoms with Gasteiger partial charge in [0.25, 0.3) is 5.91 Å². The van der Waals surface area contributed by atoms with E-state index in [0.29, 0.717) is 11.5 Å². The smallest absolute Gasteiger partial charge is 0.265 e. The Balaban J connectivity index is 2.17. The van der Waals surface area contributed by atoms with Gasteiger partial charge in [-0.3, -0.25) is 4.79 Å². The van der Waals surface area contributed by atoms with Gasteiger partial charge in [0.2, 0.25) is 10.0 Å². The number of sulfonamides is 1. The summed E-state index contributed by atoms with van der Waals surface area (Å²) in [5.74, 6) is 0.489. The fraction of sp³-hybridized carbons (Fsp3) is 0.435. The number of amides is 1. The minimum atomic E-state index is -3.72. The third kappa shape index (κ3) is 6.70. The number of rotatable bonds is 8. The van der Waals surface area contributed by atoms with Crippen molar-refractivity contribution in [2.24, 2.45) is 0 Å². The van der Waals surface area contributed by atoms with Crippen LogP contribution in [0.3, 0.4) is 0 Å². The summed E-state index contributed by atoms with van der Waals surface area (Å²) in [7, 11) is -2.27. The molecule has 1 amide bonds. The van der Waals surface area contributed by atoms with E-state index in [1.165, 1.54) is 25.3 Å². The van der Waals surface area contributed by atoms with Gasteiger partial charge in [0.15, 0.2) is 6.10 Å². The molecule has 2 aromatic rings. The number of anilines is 1. The molecule has 0 fully saturated rings. The highest BCUT2D eigenvalue weighted by Crippen LogP contribution is 2.28. The van der Waals surface area contributed by atoms with Gasteiger partial charge in [0.1, 0.15) is 11.5 Å². The Morgan fingerprint density at radius 3 is 2.13 bits per heavy atom. The Morgan fingerprint density at radius 2 is 1.61 bits per heavy atom. The Hall–Kier alpha value is -2.58. The number of nitrogens with one attached hydrogen (secondary N) is 2. The van der Waals surface area contributed by atoms with Gasteiger partial charge in [0, 0.05) is 6.04 Å². The minimum Gasteiger partial charge on any atom is -0.495 e. The number of hydrogen-bond donors (Lipinski definition) is 2. The van der Waals surface area contributed by atoms with Crippen LogP contribution in [0.4, 0.5) is 5.69 Å². The van der Waals surface area contributed by atoms with Crippen LogP contribution in [0.2, 0.25) is 0 Å². The largest absolute Gasteiger partial charge is 0.495 e. The first kappa shape index (κ1) is 24.7. The second-order valence-corrected chi connectivity index (χ2v) is 10.4. The Morgan fingerprint density at radius 1 is 1.00 bits per heavy atom. The zero-order valence-electron chi connectivity index (χ0n) is 19.1. The van der Waals surface area contributed by atoms with Crippen LogP contribution in [0.25, 0.3) is 0 Å². The minimum absolute atomic E-state index is 0.0217. The molecule has 0 aliphatic heterocycles. The molecule has 0 heterocycles. The number of benzene rings is 2. The molecule has 1 atom stereocenters. The number of ether oxygens (including phenoxy) is 2. The molecular formula is C23H32N2O5S. The van der Waals surface area contributed by atoms with Gasteiger partial charge >= 0.3 is 0 Å². The molecule has 2 N–H and O–H groups in total. The molecule has 31 heavy (non-hydrogen) atoms. The van der Waals surface area contributed by atoms with E-state index in [0.717, 1.165) is 5.56 Å². The summed E-state index contributed by atoms with van der Waals surface area (Å²) in [4.78, 5) is 12.7. The summed E-state index contributed by atoms with van der Waals surface area (Å²) in [6.07, 6.45) is -0.806. The predicted octanol–water partition coefficient (Wildman–Crippen LogP) is 4.09. The van der Waals surface area contributed by atoms with Crippen molar-refractivity contribution < 1.29 is 22.7 Å². The van der Waals surface area contributed by atoms with Crippen LogP contribution in [0.1, 0.15) is 47.1 Å². The Kier molecular flexibility index (Phi) is 7.72. The Labute approximate surface area is 185 Å². The molecule has 0 bridgehead atoms. The highest BCUT2D eigenvalue weighted by atomic mass is 32.2. The highest BCUT2D eigenvalue weighted by Gasteiger charge is 2.21. The second-order valence-electron chi connectivity index (χ2n) is 8.66. The van der Waals surface area contributed by atoms with Crippen LogP contribution in [0.15, 0.2) is 47.4 Å². The van der Waals surface area contributed by atoms with Crippen LogP contribution in [-0.2, 0) is 20.2 Å². The van der Waals surface area contributed by atoms with Crippen molar-refractivity contribution in [2.75, 3.05) is 12.4 Å². The molecule has 2 aromatic carbocycles. The first-order valence-electron chi connectivity index (χ1n) is 10.1. The van der Waals surface area contributed by atoms with E-state index < -0.39 is 22.0 Å². The normalized spacial score (nSPS) is 13.0. The van der Waals surface area contributed by atoms with Crippen LogP contribution in [0.5, 0.6) is 11.5 Å². The molecule has 1 unspecified atom stereocenters. The lowest BCUT2D eigenvalue weighted by molar-refractivity contribution is -0.122. The average molecular weight is 449 g/mol. The van der Waals surface area contributed by atoms with Crippen molar-refractivity contribution in [3.8, 4) is 11.5 Å². The number of methoxy groups -OCH3 is 1. The average Bonchev–Trinajstić information content (AvgIpc) is 2.66. The zero-order chi connectivity index (χ0) is 23.4. The topological polar surface area (TPSA) is 93.7 Å². The molecular weight excluding hydrogens is 416 g/mol. The van der Waals surface area contributed by atoms with Crippen molar-refractivity contribution in [3.63, 3.8) is 0 Å².